The Morgan fingerprint density at radius 2 is 1.96 bits per heavy atom. The maximum atomic E-state index is 12.5. The average molecular weight is 459 g/mol. The Bertz CT molecular complexity index is 863. The van der Waals surface area contributed by atoms with Gasteiger partial charge in [0.05, 0.1) is 22.2 Å². The highest BCUT2D eigenvalue weighted by Gasteiger charge is 2.34. The molecule has 0 bridgehead atoms. The molecule has 1 atom stereocenters. The minimum Gasteiger partial charge on any atom is -0.451 e. The zero-order valence-corrected chi connectivity index (χ0v) is 17.5. The van der Waals surface area contributed by atoms with Crippen molar-refractivity contribution in [1.82, 2.24) is 9.88 Å². The molecule has 0 radical (unpaired) electrons. The number of carbonyl (C=O) groups excluding carboxylic acids is 2. The fourth-order valence-corrected chi connectivity index (χ4v) is 5.03. The Balaban J connectivity index is 2.08. The van der Waals surface area contributed by atoms with Crippen LogP contribution in [-0.2, 0) is 19.4 Å². The number of hydrogen-bond donors (Lipinski definition) is 1. The fourth-order valence-electron chi connectivity index (χ4n) is 2.72. The van der Waals surface area contributed by atoms with Crippen LogP contribution in [0.4, 0.5) is 5.69 Å². The topological polar surface area (TPSA) is 120 Å². The number of nitrogens with two attached hydrogens (primary N) is 1. The standard InChI is InChI=1S/C15H18Cl3N3O5S/c1-2-4-21(8-3-5-27(24,25)7-8)9(22)6-26-15(23)13-10(16)12(19)11(17)14(18)20-13/h8H,2-7H2,1H3,(H2,19,20). The van der Waals surface area contributed by atoms with Crippen LogP contribution in [0, 0.1) is 0 Å². The van der Waals surface area contributed by atoms with Crippen molar-refractivity contribution < 1.29 is 22.7 Å². The largest absolute Gasteiger partial charge is 0.451 e. The van der Waals surface area contributed by atoms with E-state index < -0.39 is 34.4 Å². The van der Waals surface area contributed by atoms with Crippen LogP contribution in [0.25, 0.3) is 0 Å². The number of esters is 1. The number of ether oxygens (including phenoxy) is 1. The number of hydrogen-bond acceptors (Lipinski definition) is 7. The molecule has 0 aliphatic carbocycles. The number of carbonyl (C=O) groups is 2. The summed E-state index contributed by atoms with van der Waals surface area (Å²) in [7, 11) is -3.16. The number of rotatable bonds is 6. The van der Waals surface area contributed by atoms with Crippen LogP contribution in [0.15, 0.2) is 0 Å². The predicted molar refractivity (Wildman–Crippen MR) is 103 cm³/mol. The second-order valence-electron chi connectivity index (χ2n) is 6.01. The summed E-state index contributed by atoms with van der Waals surface area (Å²) in [5.74, 6) is -1.55. The quantitative estimate of drug-likeness (QED) is 0.512. The number of halogens is 3. The molecule has 27 heavy (non-hydrogen) atoms. The van der Waals surface area contributed by atoms with Gasteiger partial charge in [-0.05, 0) is 12.8 Å². The van der Waals surface area contributed by atoms with E-state index in [1.54, 1.807) is 0 Å². The third-order valence-corrected chi connectivity index (χ3v) is 6.91. The van der Waals surface area contributed by atoms with Gasteiger partial charge in [-0.1, -0.05) is 41.7 Å². The molecule has 1 unspecified atom stereocenters. The molecule has 150 valence electrons. The van der Waals surface area contributed by atoms with Crippen molar-refractivity contribution in [3.8, 4) is 0 Å². The van der Waals surface area contributed by atoms with Crippen LogP contribution < -0.4 is 5.73 Å². The Morgan fingerprint density at radius 1 is 1.30 bits per heavy atom. The predicted octanol–water partition coefficient (Wildman–Crippen LogP) is 2.21. The monoisotopic (exact) mass is 457 g/mol. The van der Waals surface area contributed by atoms with Gasteiger partial charge in [0.15, 0.2) is 27.3 Å². The van der Waals surface area contributed by atoms with Crippen molar-refractivity contribution in [2.24, 2.45) is 0 Å². The van der Waals surface area contributed by atoms with E-state index in [0.717, 1.165) is 0 Å². The number of amides is 1. The lowest BCUT2D eigenvalue weighted by molar-refractivity contribution is -0.136. The van der Waals surface area contributed by atoms with E-state index in [1.807, 2.05) is 6.92 Å². The summed E-state index contributed by atoms with van der Waals surface area (Å²) in [6, 6.07) is -0.427. The van der Waals surface area contributed by atoms with Crippen molar-refractivity contribution in [2.45, 2.75) is 25.8 Å². The first kappa shape index (κ1) is 22.0. The maximum Gasteiger partial charge on any atom is 0.359 e. The minimum atomic E-state index is -3.16. The summed E-state index contributed by atoms with van der Waals surface area (Å²) in [6.07, 6.45) is 0.992. The van der Waals surface area contributed by atoms with E-state index in [1.165, 1.54) is 4.90 Å². The van der Waals surface area contributed by atoms with Gasteiger partial charge in [0.1, 0.15) is 5.02 Å². The third-order valence-electron chi connectivity index (χ3n) is 4.03. The first-order valence-corrected chi connectivity index (χ1v) is 11.0. The van der Waals surface area contributed by atoms with Crippen LogP contribution in [0.1, 0.15) is 30.3 Å². The molecule has 1 aromatic heterocycles. The molecule has 1 fully saturated rings. The normalized spacial score (nSPS) is 18.3. The molecule has 1 aliphatic rings. The van der Waals surface area contributed by atoms with Crippen molar-refractivity contribution in [3.63, 3.8) is 0 Å². The van der Waals surface area contributed by atoms with Crippen molar-refractivity contribution >= 4 is 62.2 Å². The SMILES string of the molecule is CCCN(C(=O)COC(=O)c1nc(Cl)c(Cl)c(N)c1Cl)C1CCS(=O)(=O)C1. The molecule has 2 rings (SSSR count). The summed E-state index contributed by atoms with van der Waals surface area (Å²) in [4.78, 5) is 29.8. The molecule has 1 amide bonds. The Hall–Kier alpha value is -1.29. The number of pyridine rings is 1. The molecule has 1 saturated heterocycles. The van der Waals surface area contributed by atoms with Crippen molar-refractivity contribution in [2.75, 3.05) is 30.4 Å². The molecule has 12 heteroatoms. The van der Waals surface area contributed by atoms with Gasteiger partial charge < -0.3 is 15.4 Å². The number of anilines is 1. The van der Waals surface area contributed by atoms with E-state index in [2.05, 4.69) is 4.98 Å². The lowest BCUT2D eigenvalue weighted by Crippen LogP contribution is -2.43. The highest BCUT2D eigenvalue weighted by atomic mass is 35.5. The molecular formula is C15H18Cl3N3O5S. The summed E-state index contributed by atoms with van der Waals surface area (Å²) in [6.45, 7) is 1.63. The lowest BCUT2D eigenvalue weighted by Gasteiger charge is -2.27. The summed E-state index contributed by atoms with van der Waals surface area (Å²) < 4.78 is 28.3. The molecule has 2 heterocycles. The van der Waals surface area contributed by atoms with Crippen LogP contribution >= 0.6 is 34.8 Å². The number of nitrogen functional groups attached to an aromatic ring is 1. The number of aromatic nitrogens is 1. The molecule has 0 aromatic carbocycles. The highest BCUT2D eigenvalue weighted by molar-refractivity contribution is 7.91. The average Bonchev–Trinajstić information content (AvgIpc) is 2.98. The number of sulfone groups is 1. The zero-order valence-electron chi connectivity index (χ0n) is 14.4. The van der Waals surface area contributed by atoms with Gasteiger partial charge in [-0.2, -0.15) is 0 Å². The van der Waals surface area contributed by atoms with Gasteiger partial charge in [-0.3, -0.25) is 4.79 Å². The summed E-state index contributed by atoms with van der Waals surface area (Å²) in [5.41, 5.74) is 5.16. The second kappa shape index (κ2) is 8.81. The molecule has 1 aromatic rings. The Labute approximate surface area is 171 Å². The smallest absolute Gasteiger partial charge is 0.359 e. The van der Waals surface area contributed by atoms with Crippen molar-refractivity contribution in [1.29, 1.82) is 0 Å². The van der Waals surface area contributed by atoms with E-state index in [4.69, 9.17) is 45.3 Å². The Kier molecular flexibility index (Phi) is 7.18. The van der Waals surface area contributed by atoms with E-state index >= 15 is 0 Å². The fraction of sp³-hybridized carbons (Fsp3) is 0.533. The van der Waals surface area contributed by atoms with E-state index in [-0.39, 0.29) is 38.1 Å². The van der Waals surface area contributed by atoms with Crippen LogP contribution in [-0.4, -0.2) is 60.9 Å². The van der Waals surface area contributed by atoms with E-state index in [9.17, 15) is 18.0 Å². The van der Waals surface area contributed by atoms with Crippen LogP contribution in [0.2, 0.25) is 15.2 Å². The van der Waals surface area contributed by atoms with Gasteiger partial charge in [-0.15, -0.1) is 0 Å². The van der Waals surface area contributed by atoms with E-state index in [0.29, 0.717) is 19.4 Å². The van der Waals surface area contributed by atoms with Gasteiger partial charge in [0.2, 0.25) is 0 Å². The third kappa shape index (κ3) is 5.16. The maximum absolute atomic E-state index is 12.5. The summed E-state index contributed by atoms with van der Waals surface area (Å²) >= 11 is 17.5. The second-order valence-corrected chi connectivity index (χ2v) is 9.36. The molecule has 8 nitrogen and oxygen atoms in total. The van der Waals surface area contributed by atoms with Gasteiger partial charge in [0, 0.05) is 12.6 Å². The minimum absolute atomic E-state index is 0.0347. The highest BCUT2D eigenvalue weighted by Crippen LogP contribution is 2.34. The van der Waals surface area contributed by atoms with Crippen LogP contribution in [0.3, 0.4) is 0 Å². The van der Waals surface area contributed by atoms with Gasteiger partial charge in [-0.25, -0.2) is 18.2 Å². The zero-order chi connectivity index (χ0) is 20.4. The molecule has 0 spiro atoms. The van der Waals surface area contributed by atoms with Crippen LogP contribution in [0.5, 0.6) is 0 Å². The molecule has 2 N–H and O–H groups in total. The van der Waals surface area contributed by atoms with Gasteiger partial charge >= 0.3 is 5.97 Å². The molecule has 1 aliphatic heterocycles. The van der Waals surface area contributed by atoms with Gasteiger partial charge in [0.25, 0.3) is 5.91 Å². The Morgan fingerprint density at radius 3 is 2.52 bits per heavy atom. The molecular weight excluding hydrogens is 441 g/mol. The first-order chi connectivity index (χ1) is 12.6. The van der Waals surface area contributed by atoms with Crippen molar-refractivity contribution in [3.05, 3.63) is 20.9 Å². The summed E-state index contributed by atoms with van der Waals surface area (Å²) in [5, 5.41) is -0.541. The molecule has 0 saturated carbocycles. The number of nitrogens with zero attached hydrogens (tertiary/aromatic N) is 2. The lowest BCUT2D eigenvalue weighted by atomic mass is 10.2. The first-order valence-electron chi connectivity index (χ1n) is 8.04.